The van der Waals surface area contributed by atoms with Crippen LogP contribution in [0.1, 0.15) is 33.9 Å². The van der Waals surface area contributed by atoms with Crippen molar-refractivity contribution in [3.05, 3.63) is 58.2 Å². The summed E-state index contributed by atoms with van der Waals surface area (Å²) >= 11 is 6.00. The highest BCUT2D eigenvalue weighted by molar-refractivity contribution is 6.32. The molecule has 0 aliphatic carbocycles. The van der Waals surface area contributed by atoms with Crippen molar-refractivity contribution in [3.63, 3.8) is 0 Å². The second kappa shape index (κ2) is 15.6. The molecule has 1 aliphatic rings. The molecule has 0 bridgehead atoms. The van der Waals surface area contributed by atoms with Gasteiger partial charge in [-0.2, -0.15) is 31.4 Å². The molecule has 2 heterocycles. The summed E-state index contributed by atoms with van der Waals surface area (Å²) in [6.07, 6.45) is -9.95. The molecular formula is C27H25ClF7N7O6. The number of methoxy groups -OCH3 is 1. The predicted octanol–water partition coefficient (Wildman–Crippen LogP) is 3.73. The van der Waals surface area contributed by atoms with Gasteiger partial charge in [-0.05, 0) is 23.8 Å². The second-order valence-electron chi connectivity index (χ2n) is 9.74. The van der Waals surface area contributed by atoms with Crippen molar-refractivity contribution in [2.24, 2.45) is 4.99 Å². The molecule has 2 amide bonds. The topological polar surface area (TPSA) is 187 Å². The van der Waals surface area contributed by atoms with Crippen LogP contribution in [0.2, 0.25) is 5.02 Å². The van der Waals surface area contributed by atoms with Gasteiger partial charge in [-0.1, -0.05) is 23.7 Å². The van der Waals surface area contributed by atoms with Crippen molar-refractivity contribution < 1.29 is 59.8 Å². The molecule has 1 aliphatic heterocycles. The van der Waals surface area contributed by atoms with Gasteiger partial charge < -0.3 is 31.1 Å². The van der Waals surface area contributed by atoms with Gasteiger partial charge >= 0.3 is 24.3 Å². The number of carboxylic acid groups (broad SMARTS) is 1. The molecule has 260 valence electrons. The smallest absolute Gasteiger partial charge is 0.475 e. The minimum atomic E-state index is -5.08. The number of esters is 1. The number of nitrogens with one attached hydrogen (secondary N) is 5. The van der Waals surface area contributed by atoms with E-state index in [1.807, 2.05) is 0 Å². The Morgan fingerprint density at radius 2 is 1.83 bits per heavy atom. The maximum atomic E-state index is 13.4. The van der Waals surface area contributed by atoms with Crippen molar-refractivity contribution in [1.29, 1.82) is 0 Å². The first kappa shape index (κ1) is 37.3. The number of aromatic amines is 1. The number of benzene rings is 2. The Kier molecular flexibility index (Phi) is 12.2. The lowest BCUT2D eigenvalue weighted by Gasteiger charge is -2.21. The summed E-state index contributed by atoms with van der Waals surface area (Å²) in [6, 6.07) is 4.83. The van der Waals surface area contributed by atoms with Crippen LogP contribution in [0, 0.1) is 0 Å². The van der Waals surface area contributed by atoms with Crippen LogP contribution in [-0.2, 0) is 25.3 Å². The van der Waals surface area contributed by atoms with E-state index in [2.05, 4.69) is 41.2 Å². The average Bonchev–Trinajstić information content (AvgIpc) is 3.49. The van der Waals surface area contributed by atoms with E-state index in [9.17, 15) is 45.1 Å². The van der Waals surface area contributed by atoms with Gasteiger partial charge in [0.15, 0.2) is 5.96 Å². The molecule has 0 saturated heterocycles. The van der Waals surface area contributed by atoms with Crippen molar-refractivity contribution in [2.45, 2.75) is 31.0 Å². The van der Waals surface area contributed by atoms with E-state index in [1.165, 1.54) is 24.4 Å². The van der Waals surface area contributed by atoms with Crippen LogP contribution in [0.15, 0.2) is 41.5 Å². The Morgan fingerprint density at radius 1 is 1.15 bits per heavy atom. The molecule has 0 fully saturated rings. The number of halogens is 8. The lowest BCUT2D eigenvalue weighted by Crippen LogP contribution is -2.41. The molecule has 6 N–H and O–H groups in total. The molecule has 1 unspecified atom stereocenters. The number of carbonyl (C=O) groups is 4. The first-order chi connectivity index (χ1) is 22.4. The number of amides is 2. The third-order valence-corrected chi connectivity index (χ3v) is 6.73. The predicted molar refractivity (Wildman–Crippen MR) is 155 cm³/mol. The van der Waals surface area contributed by atoms with E-state index in [1.54, 1.807) is 0 Å². The molecule has 1 aromatic heterocycles. The number of aliphatic carboxylic acids is 1. The number of carboxylic acids is 1. The number of ether oxygens (including phenoxy) is 1. The van der Waals surface area contributed by atoms with Gasteiger partial charge in [-0.15, -0.1) is 0 Å². The van der Waals surface area contributed by atoms with Crippen molar-refractivity contribution in [1.82, 2.24) is 26.1 Å². The molecule has 0 saturated carbocycles. The quantitative estimate of drug-likeness (QED) is 0.150. The van der Waals surface area contributed by atoms with Gasteiger partial charge in [-0.25, -0.2) is 14.2 Å². The Hall–Kier alpha value is -5.14. The summed E-state index contributed by atoms with van der Waals surface area (Å²) in [7, 11) is 1.09. The summed E-state index contributed by atoms with van der Waals surface area (Å²) in [5.74, 6) is -4.72. The normalized spacial score (nSPS) is 15.2. The molecule has 48 heavy (non-hydrogen) atoms. The van der Waals surface area contributed by atoms with E-state index >= 15 is 0 Å². The van der Waals surface area contributed by atoms with Crippen molar-refractivity contribution in [3.8, 4) is 0 Å². The highest BCUT2D eigenvalue weighted by Gasteiger charge is 2.38. The van der Waals surface area contributed by atoms with Crippen LogP contribution in [0.3, 0.4) is 0 Å². The van der Waals surface area contributed by atoms with Crippen LogP contribution >= 0.6 is 11.6 Å². The second-order valence-corrected chi connectivity index (χ2v) is 10.1. The third kappa shape index (κ3) is 10.2. The Bertz CT molecular complexity index is 1700. The zero-order valence-corrected chi connectivity index (χ0v) is 25.1. The van der Waals surface area contributed by atoms with Gasteiger partial charge in [0.25, 0.3) is 5.91 Å². The number of guanidine groups is 1. The van der Waals surface area contributed by atoms with Crippen LogP contribution in [0.25, 0.3) is 10.9 Å². The minimum absolute atomic E-state index is 0.0260. The molecule has 0 spiro atoms. The fourth-order valence-electron chi connectivity index (χ4n) is 4.05. The molecule has 4 rings (SSSR count). The largest absolute Gasteiger partial charge is 0.490 e. The number of rotatable bonds is 8. The fourth-order valence-corrected chi connectivity index (χ4v) is 4.41. The lowest BCUT2D eigenvalue weighted by atomic mass is 10.0. The van der Waals surface area contributed by atoms with E-state index in [0.29, 0.717) is 22.5 Å². The first-order valence-electron chi connectivity index (χ1n) is 13.4. The summed E-state index contributed by atoms with van der Waals surface area (Å²) < 4.78 is 89.8. The summed E-state index contributed by atoms with van der Waals surface area (Å²) in [6.45, 7) is -0.539. The highest BCUT2D eigenvalue weighted by Crippen LogP contribution is 2.38. The van der Waals surface area contributed by atoms with Crippen molar-refractivity contribution in [2.75, 3.05) is 32.1 Å². The number of alkyl halides is 7. The number of aliphatic imine (C=N–C) groups is 1. The molecule has 21 heteroatoms. The number of carbonyl (C=O) groups excluding carboxylic acids is 3. The summed E-state index contributed by atoms with van der Waals surface area (Å²) in [5, 5.41) is 24.4. The molecule has 2 atom stereocenters. The van der Waals surface area contributed by atoms with E-state index in [0.717, 1.165) is 19.2 Å². The summed E-state index contributed by atoms with van der Waals surface area (Å²) in [4.78, 5) is 50.6. The third-order valence-electron chi connectivity index (χ3n) is 6.31. The zero-order chi connectivity index (χ0) is 35.8. The maximum Gasteiger partial charge on any atom is 0.490 e. The van der Waals surface area contributed by atoms with Gasteiger partial charge in [0.05, 0.1) is 67.2 Å². The van der Waals surface area contributed by atoms with E-state index in [-0.39, 0.29) is 24.2 Å². The SMILES string of the molecule is COC(=O)C[C@H](NC(=O)CNC(=O)c1cc(NC2=NCC(F)CN2)c2cn[nH]c2c1)c1cccc(C(F)(F)F)c1Cl.O=C(O)C(F)(F)F. The van der Waals surface area contributed by atoms with Gasteiger partial charge in [0, 0.05) is 10.9 Å². The average molecular weight is 712 g/mol. The van der Waals surface area contributed by atoms with Gasteiger partial charge in [0.2, 0.25) is 5.91 Å². The number of anilines is 1. The summed E-state index contributed by atoms with van der Waals surface area (Å²) in [5.41, 5.74) is -0.228. The lowest BCUT2D eigenvalue weighted by molar-refractivity contribution is -0.192. The molecule has 3 aromatic rings. The number of hydrogen-bond acceptors (Lipinski definition) is 9. The Balaban J connectivity index is 0.000000804. The molecular weight excluding hydrogens is 687 g/mol. The number of hydrogen-bond donors (Lipinski definition) is 6. The highest BCUT2D eigenvalue weighted by atomic mass is 35.5. The number of H-pyrrole nitrogens is 1. The van der Waals surface area contributed by atoms with Crippen LogP contribution < -0.4 is 21.3 Å². The molecule has 2 aromatic carbocycles. The van der Waals surface area contributed by atoms with E-state index in [4.69, 9.17) is 21.5 Å². The first-order valence-corrected chi connectivity index (χ1v) is 13.7. The monoisotopic (exact) mass is 711 g/mol. The van der Waals surface area contributed by atoms with E-state index < -0.39 is 71.9 Å². The number of aromatic nitrogens is 2. The molecule has 0 radical (unpaired) electrons. The van der Waals surface area contributed by atoms with Gasteiger partial charge in [-0.3, -0.25) is 19.5 Å². The Morgan fingerprint density at radius 3 is 2.42 bits per heavy atom. The standard InChI is InChI=1S/C25H24ClF4N7O4.C2HF3O2/c1-41-21(39)7-18(14-3-2-4-16(22(14)26)25(28,29)30)35-20(38)11-31-23(40)12-5-17(15-10-34-37-19(15)6-12)36-24-32-8-13(27)9-33-24;3-2(4,5)1(6)7/h2-6,10,13,18H,7-9,11H2,1H3,(H,31,40)(H,34,37)(H,35,38)(H2,32,33,36);(H,6,7)/t18-;/m0./s1. The Labute approximate surface area is 270 Å². The maximum absolute atomic E-state index is 13.4. The van der Waals surface area contributed by atoms with Crippen molar-refractivity contribution >= 4 is 57.9 Å². The van der Waals surface area contributed by atoms with Crippen LogP contribution in [-0.4, -0.2) is 84.1 Å². The zero-order valence-electron chi connectivity index (χ0n) is 24.4. The fraction of sp³-hybridized carbons (Fsp3) is 0.333. The van der Waals surface area contributed by atoms with Crippen LogP contribution in [0.5, 0.6) is 0 Å². The molecule has 13 nitrogen and oxygen atoms in total. The minimum Gasteiger partial charge on any atom is -0.475 e. The number of fused-ring (bicyclic) bond motifs is 1. The van der Waals surface area contributed by atoms with Crippen LogP contribution in [0.4, 0.5) is 36.4 Å². The number of nitrogens with zero attached hydrogens (tertiary/aromatic N) is 2. The van der Waals surface area contributed by atoms with Gasteiger partial charge in [0.1, 0.15) is 6.17 Å².